The highest BCUT2D eigenvalue weighted by Gasteiger charge is 2.35. The van der Waals surface area contributed by atoms with Gasteiger partial charge in [-0.2, -0.15) is 0 Å². The molecule has 0 saturated heterocycles. The van der Waals surface area contributed by atoms with Gasteiger partial charge in [-0.05, 0) is 18.8 Å². The zero-order valence-corrected chi connectivity index (χ0v) is 7.96. The van der Waals surface area contributed by atoms with Crippen LogP contribution in [0, 0.1) is 17.8 Å². The van der Waals surface area contributed by atoms with Crippen LogP contribution in [-0.2, 0) is 9.59 Å². The molecule has 1 rings (SSSR count). The summed E-state index contributed by atoms with van der Waals surface area (Å²) in [4.78, 5) is 22.7. The SMILES string of the molecule is CC(C)[C@@H]1CC[C@H](C)C(=O)C1=O. The molecule has 1 fully saturated rings. The van der Waals surface area contributed by atoms with Gasteiger partial charge >= 0.3 is 0 Å². The highest BCUT2D eigenvalue weighted by atomic mass is 16.2. The average molecular weight is 168 g/mol. The van der Waals surface area contributed by atoms with E-state index in [4.69, 9.17) is 0 Å². The third-order valence-corrected chi connectivity index (χ3v) is 2.74. The second kappa shape index (κ2) is 3.38. The summed E-state index contributed by atoms with van der Waals surface area (Å²) in [7, 11) is 0. The van der Waals surface area contributed by atoms with E-state index < -0.39 is 0 Å². The molecule has 1 aliphatic carbocycles. The van der Waals surface area contributed by atoms with Crippen LogP contribution >= 0.6 is 0 Å². The molecule has 12 heavy (non-hydrogen) atoms. The Bertz CT molecular complexity index is 206. The summed E-state index contributed by atoms with van der Waals surface area (Å²) in [5.41, 5.74) is 0. The van der Waals surface area contributed by atoms with Crippen molar-refractivity contribution in [2.75, 3.05) is 0 Å². The van der Waals surface area contributed by atoms with E-state index >= 15 is 0 Å². The Balaban J connectivity index is 2.72. The van der Waals surface area contributed by atoms with E-state index in [0.717, 1.165) is 12.8 Å². The molecule has 0 aromatic carbocycles. The van der Waals surface area contributed by atoms with E-state index in [0.29, 0.717) is 5.92 Å². The molecule has 68 valence electrons. The summed E-state index contributed by atoms with van der Waals surface area (Å²) in [6.45, 7) is 5.86. The molecular weight excluding hydrogens is 152 g/mol. The maximum absolute atomic E-state index is 11.4. The van der Waals surface area contributed by atoms with Crippen molar-refractivity contribution in [1.29, 1.82) is 0 Å². The predicted octanol–water partition coefficient (Wildman–Crippen LogP) is 1.83. The third-order valence-electron chi connectivity index (χ3n) is 2.74. The largest absolute Gasteiger partial charge is 0.291 e. The summed E-state index contributed by atoms with van der Waals surface area (Å²) < 4.78 is 0. The van der Waals surface area contributed by atoms with E-state index in [1.54, 1.807) is 0 Å². The van der Waals surface area contributed by atoms with Crippen LogP contribution in [0.3, 0.4) is 0 Å². The molecule has 1 saturated carbocycles. The van der Waals surface area contributed by atoms with Gasteiger partial charge in [0, 0.05) is 11.8 Å². The summed E-state index contributed by atoms with van der Waals surface area (Å²) in [5.74, 6) is -0.0150. The summed E-state index contributed by atoms with van der Waals surface area (Å²) in [5, 5.41) is 0. The number of carbonyl (C=O) groups is 2. The molecule has 0 aliphatic heterocycles. The maximum atomic E-state index is 11.4. The lowest BCUT2D eigenvalue weighted by Gasteiger charge is -2.26. The van der Waals surface area contributed by atoms with Crippen LogP contribution in [-0.4, -0.2) is 11.6 Å². The minimum atomic E-state index is -0.153. The number of hydrogen-bond donors (Lipinski definition) is 0. The van der Waals surface area contributed by atoms with Crippen molar-refractivity contribution in [3.8, 4) is 0 Å². The van der Waals surface area contributed by atoms with Crippen molar-refractivity contribution in [1.82, 2.24) is 0 Å². The van der Waals surface area contributed by atoms with Crippen LogP contribution in [0.2, 0.25) is 0 Å². The Morgan fingerprint density at radius 2 is 1.75 bits per heavy atom. The summed E-state index contributed by atoms with van der Waals surface area (Å²) in [6, 6.07) is 0. The third kappa shape index (κ3) is 1.57. The number of Topliss-reactive ketones (excluding diaryl/α,β-unsaturated/α-hetero) is 2. The monoisotopic (exact) mass is 168 g/mol. The molecule has 0 spiro atoms. The van der Waals surface area contributed by atoms with Crippen molar-refractivity contribution in [2.45, 2.75) is 33.6 Å². The average Bonchev–Trinajstić information content (AvgIpc) is 2.00. The van der Waals surface area contributed by atoms with Gasteiger partial charge in [0.1, 0.15) is 0 Å². The van der Waals surface area contributed by atoms with Crippen molar-refractivity contribution in [3.63, 3.8) is 0 Å². The Labute approximate surface area is 73.3 Å². The fraction of sp³-hybridized carbons (Fsp3) is 0.800. The Morgan fingerprint density at radius 1 is 1.17 bits per heavy atom. The molecule has 0 radical (unpaired) electrons. The van der Waals surface area contributed by atoms with Gasteiger partial charge in [-0.1, -0.05) is 20.8 Å². The Hall–Kier alpha value is -0.660. The molecule has 0 bridgehead atoms. The molecule has 0 aromatic heterocycles. The normalized spacial score (nSPS) is 31.3. The molecule has 0 aromatic rings. The Morgan fingerprint density at radius 3 is 2.25 bits per heavy atom. The van der Waals surface area contributed by atoms with Crippen LogP contribution < -0.4 is 0 Å². The first kappa shape index (κ1) is 9.43. The Kier molecular flexibility index (Phi) is 2.65. The van der Waals surface area contributed by atoms with Crippen LogP contribution in [0.5, 0.6) is 0 Å². The first-order valence-corrected chi connectivity index (χ1v) is 4.62. The summed E-state index contributed by atoms with van der Waals surface area (Å²) in [6.07, 6.45) is 1.77. The fourth-order valence-electron chi connectivity index (χ4n) is 1.75. The number of hydrogen-bond acceptors (Lipinski definition) is 2. The van der Waals surface area contributed by atoms with Gasteiger partial charge in [-0.15, -0.1) is 0 Å². The molecular formula is C10H16O2. The van der Waals surface area contributed by atoms with E-state index in [1.807, 2.05) is 20.8 Å². The van der Waals surface area contributed by atoms with Crippen molar-refractivity contribution >= 4 is 11.6 Å². The molecule has 0 heterocycles. The van der Waals surface area contributed by atoms with E-state index in [2.05, 4.69) is 0 Å². The van der Waals surface area contributed by atoms with Crippen LogP contribution in [0.1, 0.15) is 33.6 Å². The molecule has 0 unspecified atom stereocenters. The predicted molar refractivity (Wildman–Crippen MR) is 46.7 cm³/mol. The van der Waals surface area contributed by atoms with Gasteiger partial charge < -0.3 is 0 Å². The van der Waals surface area contributed by atoms with Crippen molar-refractivity contribution < 1.29 is 9.59 Å². The quantitative estimate of drug-likeness (QED) is 0.560. The zero-order valence-electron chi connectivity index (χ0n) is 7.96. The molecule has 2 heteroatoms. The first-order chi connectivity index (χ1) is 5.54. The zero-order chi connectivity index (χ0) is 9.30. The highest BCUT2D eigenvalue weighted by Crippen LogP contribution is 2.27. The number of ketones is 2. The molecule has 0 N–H and O–H groups in total. The molecule has 2 atom stereocenters. The van der Waals surface area contributed by atoms with Crippen LogP contribution in [0.15, 0.2) is 0 Å². The van der Waals surface area contributed by atoms with Gasteiger partial charge in [-0.3, -0.25) is 9.59 Å². The van der Waals surface area contributed by atoms with Gasteiger partial charge in [0.15, 0.2) is 0 Å². The fourth-order valence-corrected chi connectivity index (χ4v) is 1.75. The number of carbonyl (C=O) groups excluding carboxylic acids is 2. The van der Waals surface area contributed by atoms with Crippen LogP contribution in [0.25, 0.3) is 0 Å². The maximum Gasteiger partial charge on any atom is 0.201 e. The minimum absolute atomic E-state index is 0.00583. The highest BCUT2D eigenvalue weighted by molar-refractivity contribution is 6.39. The minimum Gasteiger partial charge on any atom is -0.291 e. The molecule has 2 nitrogen and oxygen atoms in total. The van der Waals surface area contributed by atoms with Gasteiger partial charge in [-0.25, -0.2) is 0 Å². The van der Waals surface area contributed by atoms with Crippen molar-refractivity contribution in [2.24, 2.45) is 17.8 Å². The summed E-state index contributed by atoms with van der Waals surface area (Å²) >= 11 is 0. The second-order valence-electron chi connectivity index (χ2n) is 4.06. The second-order valence-corrected chi connectivity index (χ2v) is 4.06. The van der Waals surface area contributed by atoms with E-state index in [9.17, 15) is 9.59 Å². The molecule has 0 amide bonds. The molecule has 1 aliphatic rings. The topological polar surface area (TPSA) is 34.1 Å². The lowest BCUT2D eigenvalue weighted by Crippen LogP contribution is -2.36. The van der Waals surface area contributed by atoms with Crippen molar-refractivity contribution in [3.05, 3.63) is 0 Å². The number of rotatable bonds is 1. The van der Waals surface area contributed by atoms with Gasteiger partial charge in [0.25, 0.3) is 0 Å². The van der Waals surface area contributed by atoms with Gasteiger partial charge in [0.05, 0.1) is 0 Å². The van der Waals surface area contributed by atoms with E-state index in [-0.39, 0.29) is 23.4 Å². The van der Waals surface area contributed by atoms with E-state index in [1.165, 1.54) is 0 Å². The smallest absolute Gasteiger partial charge is 0.201 e. The van der Waals surface area contributed by atoms with Crippen LogP contribution in [0.4, 0.5) is 0 Å². The lowest BCUT2D eigenvalue weighted by molar-refractivity contribution is -0.144. The lowest BCUT2D eigenvalue weighted by atomic mass is 9.76. The standard InChI is InChI=1S/C10H16O2/c1-6(2)8-5-4-7(3)9(11)10(8)12/h6-8H,4-5H2,1-3H3/t7-,8-/m0/s1. The van der Waals surface area contributed by atoms with Gasteiger partial charge in [0.2, 0.25) is 11.6 Å². The first-order valence-electron chi connectivity index (χ1n) is 4.62.